The molecule has 4 atom stereocenters. The lowest BCUT2D eigenvalue weighted by atomic mass is 9.82. The number of hydrogen-bond donors (Lipinski definition) is 0. The fraction of sp³-hybridized carbons (Fsp3) is 0.667. The third-order valence-corrected chi connectivity index (χ3v) is 5.84. The van der Waals surface area contributed by atoms with Gasteiger partial charge in [0.1, 0.15) is 0 Å². The molecule has 104 valence electrons. The molecular formula is C18H25Cl. The van der Waals surface area contributed by atoms with Gasteiger partial charge in [-0.25, -0.2) is 0 Å². The van der Waals surface area contributed by atoms with E-state index >= 15 is 0 Å². The van der Waals surface area contributed by atoms with Gasteiger partial charge in [0.25, 0.3) is 0 Å². The van der Waals surface area contributed by atoms with E-state index in [2.05, 4.69) is 45.0 Å². The molecule has 2 fully saturated rings. The van der Waals surface area contributed by atoms with Crippen molar-refractivity contribution in [3.05, 3.63) is 35.4 Å². The minimum Gasteiger partial charge on any atom is -0.118 e. The molecule has 1 aromatic rings. The second-order valence-corrected chi connectivity index (χ2v) is 8.08. The zero-order valence-electron chi connectivity index (χ0n) is 12.3. The van der Waals surface area contributed by atoms with Crippen LogP contribution in [0.5, 0.6) is 0 Å². The smallest absolute Gasteiger partial charge is 0.0616 e. The van der Waals surface area contributed by atoms with Crippen molar-refractivity contribution in [3.63, 3.8) is 0 Å². The van der Waals surface area contributed by atoms with Crippen LogP contribution in [0, 0.1) is 17.8 Å². The highest BCUT2D eigenvalue weighted by atomic mass is 35.5. The number of alkyl halides is 1. The van der Waals surface area contributed by atoms with E-state index in [1.807, 2.05) is 0 Å². The fourth-order valence-electron chi connectivity index (χ4n) is 4.07. The van der Waals surface area contributed by atoms with E-state index in [0.717, 1.165) is 17.8 Å². The summed E-state index contributed by atoms with van der Waals surface area (Å²) in [6.07, 6.45) is 5.67. The molecule has 0 heterocycles. The highest BCUT2D eigenvalue weighted by Crippen LogP contribution is 2.54. The highest BCUT2D eigenvalue weighted by Gasteiger charge is 2.42. The van der Waals surface area contributed by atoms with Gasteiger partial charge >= 0.3 is 0 Å². The Morgan fingerprint density at radius 1 is 1.05 bits per heavy atom. The summed E-state index contributed by atoms with van der Waals surface area (Å²) in [4.78, 5) is 0. The monoisotopic (exact) mass is 276 g/mol. The standard InChI is InChI=1S/C18H25Cl/c1-18(2,3)15-8-6-13(7-9-15)17(19)16-11-12-4-5-14(16)10-12/h6-9,12,14,16-17H,4-5,10-11H2,1-3H3. The third kappa shape index (κ3) is 2.57. The van der Waals surface area contributed by atoms with Gasteiger partial charge in [-0.2, -0.15) is 0 Å². The summed E-state index contributed by atoms with van der Waals surface area (Å²) in [7, 11) is 0. The van der Waals surface area contributed by atoms with E-state index < -0.39 is 0 Å². The molecule has 2 aliphatic rings. The van der Waals surface area contributed by atoms with Crippen LogP contribution in [0.25, 0.3) is 0 Å². The van der Waals surface area contributed by atoms with E-state index in [1.54, 1.807) is 0 Å². The van der Waals surface area contributed by atoms with Gasteiger partial charge in [-0.15, -0.1) is 11.6 Å². The molecule has 2 aliphatic carbocycles. The Bertz CT molecular complexity index is 440. The molecule has 0 aromatic heterocycles. The summed E-state index contributed by atoms with van der Waals surface area (Å²) in [6, 6.07) is 9.03. The maximum atomic E-state index is 6.77. The Kier molecular flexibility index (Phi) is 3.41. The van der Waals surface area contributed by atoms with Gasteiger partial charge in [-0.3, -0.25) is 0 Å². The molecule has 0 N–H and O–H groups in total. The van der Waals surface area contributed by atoms with Crippen LogP contribution in [0.4, 0.5) is 0 Å². The molecule has 2 saturated carbocycles. The van der Waals surface area contributed by atoms with Crippen molar-refractivity contribution in [1.29, 1.82) is 0 Å². The topological polar surface area (TPSA) is 0 Å². The first kappa shape index (κ1) is 13.5. The maximum Gasteiger partial charge on any atom is 0.0616 e. The van der Waals surface area contributed by atoms with Gasteiger partial charge in [0.2, 0.25) is 0 Å². The number of fused-ring (bicyclic) bond motifs is 2. The first-order chi connectivity index (χ1) is 8.95. The van der Waals surface area contributed by atoms with Gasteiger partial charge in [0.15, 0.2) is 0 Å². The van der Waals surface area contributed by atoms with Crippen molar-refractivity contribution in [2.45, 2.75) is 57.2 Å². The zero-order chi connectivity index (χ0) is 13.6. The summed E-state index contributed by atoms with van der Waals surface area (Å²) >= 11 is 6.77. The lowest BCUT2D eigenvalue weighted by molar-refractivity contribution is 0.323. The van der Waals surface area contributed by atoms with Crippen LogP contribution >= 0.6 is 11.6 Å². The van der Waals surface area contributed by atoms with Crippen molar-refractivity contribution in [3.8, 4) is 0 Å². The average Bonchev–Trinajstić information content (AvgIpc) is 2.99. The van der Waals surface area contributed by atoms with Crippen LogP contribution in [0.15, 0.2) is 24.3 Å². The van der Waals surface area contributed by atoms with Crippen LogP contribution in [0.2, 0.25) is 0 Å². The Labute approximate surface area is 122 Å². The SMILES string of the molecule is CC(C)(C)c1ccc(C(Cl)C2CC3CCC2C3)cc1. The van der Waals surface area contributed by atoms with Gasteiger partial charge in [0.05, 0.1) is 5.38 Å². The second-order valence-electron chi connectivity index (χ2n) is 7.61. The van der Waals surface area contributed by atoms with Crippen LogP contribution in [0.1, 0.15) is 63.0 Å². The molecule has 4 unspecified atom stereocenters. The van der Waals surface area contributed by atoms with Crippen LogP contribution < -0.4 is 0 Å². The summed E-state index contributed by atoms with van der Waals surface area (Å²) < 4.78 is 0. The normalized spacial score (nSPS) is 31.7. The predicted molar refractivity (Wildman–Crippen MR) is 82.7 cm³/mol. The van der Waals surface area contributed by atoms with Crippen molar-refractivity contribution in [1.82, 2.24) is 0 Å². The predicted octanol–water partition coefficient (Wildman–Crippen LogP) is 5.70. The van der Waals surface area contributed by atoms with Gasteiger partial charge in [-0.1, -0.05) is 51.5 Å². The second kappa shape index (κ2) is 4.81. The number of hydrogen-bond acceptors (Lipinski definition) is 0. The largest absolute Gasteiger partial charge is 0.118 e. The summed E-state index contributed by atoms with van der Waals surface area (Å²) in [5.74, 6) is 2.60. The molecule has 0 amide bonds. The zero-order valence-corrected chi connectivity index (χ0v) is 13.1. The molecule has 0 saturated heterocycles. The Morgan fingerprint density at radius 2 is 1.74 bits per heavy atom. The molecular weight excluding hydrogens is 252 g/mol. The lowest BCUT2D eigenvalue weighted by Gasteiger charge is -2.27. The first-order valence-electron chi connectivity index (χ1n) is 7.69. The van der Waals surface area contributed by atoms with E-state index in [4.69, 9.17) is 11.6 Å². The van der Waals surface area contributed by atoms with Gasteiger partial charge < -0.3 is 0 Å². The number of halogens is 1. The molecule has 19 heavy (non-hydrogen) atoms. The lowest BCUT2D eigenvalue weighted by Crippen LogP contribution is -2.16. The summed E-state index contributed by atoms with van der Waals surface area (Å²) in [6.45, 7) is 6.78. The molecule has 0 radical (unpaired) electrons. The van der Waals surface area contributed by atoms with Gasteiger partial charge in [-0.05, 0) is 53.6 Å². The third-order valence-electron chi connectivity index (χ3n) is 5.26. The molecule has 1 heteroatoms. The summed E-state index contributed by atoms with van der Waals surface area (Å²) in [5.41, 5.74) is 2.95. The van der Waals surface area contributed by atoms with E-state index in [0.29, 0.717) is 0 Å². The Morgan fingerprint density at radius 3 is 2.21 bits per heavy atom. The van der Waals surface area contributed by atoms with E-state index in [9.17, 15) is 0 Å². The fourth-order valence-corrected chi connectivity index (χ4v) is 4.52. The number of rotatable bonds is 2. The first-order valence-corrected chi connectivity index (χ1v) is 8.13. The minimum atomic E-state index is 0.226. The average molecular weight is 277 g/mol. The molecule has 0 nitrogen and oxygen atoms in total. The van der Waals surface area contributed by atoms with Crippen LogP contribution in [0.3, 0.4) is 0 Å². The van der Waals surface area contributed by atoms with Crippen molar-refractivity contribution < 1.29 is 0 Å². The quantitative estimate of drug-likeness (QED) is 0.608. The Hall–Kier alpha value is -0.490. The van der Waals surface area contributed by atoms with Crippen LogP contribution in [-0.4, -0.2) is 0 Å². The van der Waals surface area contributed by atoms with Crippen molar-refractivity contribution in [2.75, 3.05) is 0 Å². The molecule has 2 bridgehead atoms. The van der Waals surface area contributed by atoms with Crippen molar-refractivity contribution in [2.24, 2.45) is 17.8 Å². The molecule has 3 rings (SSSR count). The van der Waals surface area contributed by atoms with E-state index in [-0.39, 0.29) is 10.8 Å². The van der Waals surface area contributed by atoms with Crippen LogP contribution in [-0.2, 0) is 5.41 Å². The summed E-state index contributed by atoms with van der Waals surface area (Å²) in [5, 5.41) is 0.226. The highest BCUT2D eigenvalue weighted by molar-refractivity contribution is 6.21. The van der Waals surface area contributed by atoms with Crippen molar-refractivity contribution >= 4 is 11.6 Å². The molecule has 1 aromatic carbocycles. The van der Waals surface area contributed by atoms with Gasteiger partial charge in [0, 0.05) is 0 Å². The Balaban J connectivity index is 1.75. The molecule has 0 aliphatic heterocycles. The number of benzene rings is 1. The minimum absolute atomic E-state index is 0.226. The maximum absolute atomic E-state index is 6.77. The van der Waals surface area contributed by atoms with E-state index in [1.165, 1.54) is 36.8 Å². The molecule has 0 spiro atoms.